The SMILES string of the molecule is C[C@H](C(=O)N(C)[C@@H](C)c1ccncc1)N1CCc2ccccc2C1. The average Bonchev–Trinajstić information content (AvgIpc) is 2.66. The second-order valence-electron chi connectivity index (χ2n) is 6.57. The van der Waals surface area contributed by atoms with Crippen molar-refractivity contribution in [2.45, 2.75) is 38.9 Å². The molecule has 0 spiro atoms. The van der Waals surface area contributed by atoms with Crippen molar-refractivity contribution < 1.29 is 4.79 Å². The molecule has 0 bridgehead atoms. The van der Waals surface area contributed by atoms with E-state index in [2.05, 4.69) is 41.1 Å². The Hall–Kier alpha value is -2.20. The van der Waals surface area contributed by atoms with Crippen molar-refractivity contribution in [2.75, 3.05) is 13.6 Å². The molecule has 0 N–H and O–H groups in total. The Balaban J connectivity index is 1.69. The number of carbonyl (C=O) groups is 1. The van der Waals surface area contributed by atoms with E-state index in [0.29, 0.717) is 0 Å². The molecule has 24 heavy (non-hydrogen) atoms. The summed E-state index contributed by atoms with van der Waals surface area (Å²) in [6.45, 7) is 5.86. The lowest BCUT2D eigenvalue weighted by Crippen LogP contribution is -2.48. The van der Waals surface area contributed by atoms with E-state index in [9.17, 15) is 4.79 Å². The number of carbonyl (C=O) groups excluding carboxylic acids is 1. The number of pyridine rings is 1. The van der Waals surface area contributed by atoms with Crippen molar-refractivity contribution >= 4 is 5.91 Å². The zero-order valence-corrected chi connectivity index (χ0v) is 14.6. The third kappa shape index (κ3) is 3.34. The lowest BCUT2D eigenvalue weighted by atomic mass is 9.98. The van der Waals surface area contributed by atoms with Gasteiger partial charge in [0.1, 0.15) is 0 Å². The van der Waals surface area contributed by atoms with Gasteiger partial charge in [0.15, 0.2) is 0 Å². The van der Waals surface area contributed by atoms with Crippen LogP contribution in [0.1, 0.15) is 36.6 Å². The quantitative estimate of drug-likeness (QED) is 0.868. The van der Waals surface area contributed by atoms with Crippen molar-refractivity contribution in [2.24, 2.45) is 0 Å². The summed E-state index contributed by atoms with van der Waals surface area (Å²) in [7, 11) is 1.89. The number of hydrogen-bond acceptors (Lipinski definition) is 3. The van der Waals surface area contributed by atoms with Crippen LogP contribution in [0.25, 0.3) is 0 Å². The number of rotatable bonds is 4. The maximum atomic E-state index is 12.9. The maximum Gasteiger partial charge on any atom is 0.239 e. The summed E-state index contributed by atoms with van der Waals surface area (Å²) in [6.07, 6.45) is 4.56. The van der Waals surface area contributed by atoms with Gasteiger partial charge in [0.05, 0.1) is 12.1 Å². The largest absolute Gasteiger partial charge is 0.338 e. The van der Waals surface area contributed by atoms with Crippen LogP contribution in [-0.4, -0.2) is 40.3 Å². The van der Waals surface area contributed by atoms with Crippen LogP contribution in [0.15, 0.2) is 48.8 Å². The minimum Gasteiger partial charge on any atom is -0.338 e. The molecule has 2 heterocycles. The molecule has 1 aromatic carbocycles. The number of amides is 1. The third-order valence-electron chi connectivity index (χ3n) is 5.18. The van der Waals surface area contributed by atoms with E-state index in [-0.39, 0.29) is 18.0 Å². The molecule has 126 valence electrons. The van der Waals surface area contributed by atoms with Crippen molar-refractivity contribution in [1.29, 1.82) is 0 Å². The molecule has 1 amide bonds. The summed E-state index contributed by atoms with van der Waals surface area (Å²) < 4.78 is 0. The second kappa shape index (κ2) is 7.14. The topological polar surface area (TPSA) is 36.4 Å². The Morgan fingerprint density at radius 2 is 1.79 bits per heavy atom. The first kappa shape index (κ1) is 16.7. The lowest BCUT2D eigenvalue weighted by Gasteiger charge is -2.36. The Morgan fingerprint density at radius 1 is 1.12 bits per heavy atom. The van der Waals surface area contributed by atoms with E-state index < -0.39 is 0 Å². The molecular formula is C20H25N3O. The third-order valence-corrected chi connectivity index (χ3v) is 5.18. The highest BCUT2D eigenvalue weighted by Gasteiger charge is 2.29. The predicted molar refractivity (Wildman–Crippen MR) is 95.4 cm³/mol. The summed E-state index contributed by atoms with van der Waals surface area (Å²) in [6, 6.07) is 12.4. The normalized spacial score (nSPS) is 17.0. The molecule has 0 aliphatic carbocycles. The molecule has 2 atom stereocenters. The van der Waals surface area contributed by atoms with E-state index in [1.807, 2.05) is 31.0 Å². The van der Waals surface area contributed by atoms with E-state index in [1.54, 1.807) is 12.4 Å². The molecule has 0 radical (unpaired) electrons. The van der Waals surface area contributed by atoms with Gasteiger partial charge in [0.25, 0.3) is 0 Å². The molecule has 0 saturated carbocycles. The highest BCUT2D eigenvalue weighted by molar-refractivity contribution is 5.81. The van der Waals surface area contributed by atoms with E-state index in [0.717, 1.165) is 25.1 Å². The minimum absolute atomic E-state index is 0.0417. The monoisotopic (exact) mass is 323 g/mol. The Bertz CT molecular complexity index is 701. The van der Waals surface area contributed by atoms with Crippen LogP contribution in [0.4, 0.5) is 0 Å². The standard InChI is InChI=1S/C20H25N3O/c1-15(17-8-11-21-12-9-17)22(3)20(24)16(2)23-13-10-18-6-4-5-7-19(18)14-23/h4-9,11-12,15-16H,10,13-14H2,1-3H3/t15-,16+/m0/s1. The Morgan fingerprint density at radius 3 is 2.50 bits per heavy atom. The van der Waals surface area contributed by atoms with Gasteiger partial charge in [-0.3, -0.25) is 14.7 Å². The van der Waals surface area contributed by atoms with Gasteiger partial charge >= 0.3 is 0 Å². The van der Waals surface area contributed by atoms with Crippen LogP contribution in [0.5, 0.6) is 0 Å². The first-order chi connectivity index (χ1) is 11.6. The molecular weight excluding hydrogens is 298 g/mol. The van der Waals surface area contributed by atoms with Gasteiger partial charge in [0.2, 0.25) is 5.91 Å². The molecule has 0 unspecified atom stereocenters. The van der Waals surface area contributed by atoms with Gasteiger partial charge in [-0.05, 0) is 49.1 Å². The van der Waals surface area contributed by atoms with Crippen molar-refractivity contribution in [1.82, 2.24) is 14.8 Å². The van der Waals surface area contributed by atoms with Crippen LogP contribution < -0.4 is 0 Å². The maximum absolute atomic E-state index is 12.9. The van der Waals surface area contributed by atoms with Crippen LogP contribution in [-0.2, 0) is 17.8 Å². The Labute approximate surface area is 144 Å². The fourth-order valence-corrected chi connectivity index (χ4v) is 3.36. The van der Waals surface area contributed by atoms with Crippen molar-refractivity contribution in [3.05, 3.63) is 65.5 Å². The molecule has 0 fully saturated rings. The molecule has 2 aromatic rings. The predicted octanol–water partition coefficient (Wildman–Crippen LogP) is 3.05. The molecule has 1 aromatic heterocycles. The van der Waals surface area contributed by atoms with E-state index >= 15 is 0 Å². The van der Waals surface area contributed by atoms with E-state index in [4.69, 9.17) is 0 Å². The fourth-order valence-electron chi connectivity index (χ4n) is 3.36. The molecule has 1 aliphatic rings. The number of likely N-dealkylation sites (N-methyl/N-ethyl adjacent to an activating group) is 1. The zero-order chi connectivity index (χ0) is 17.1. The molecule has 1 aliphatic heterocycles. The van der Waals surface area contributed by atoms with Gasteiger partial charge < -0.3 is 4.90 Å². The van der Waals surface area contributed by atoms with Crippen molar-refractivity contribution in [3.63, 3.8) is 0 Å². The van der Waals surface area contributed by atoms with Crippen LogP contribution >= 0.6 is 0 Å². The fraction of sp³-hybridized carbons (Fsp3) is 0.400. The van der Waals surface area contributed by atoms with Crippen molar-refractivity contribution in [3.8, 4) is 0 Å². The van der Waals surface area contributed by atoms with Gasteiger partial charge in [-0.25, -0.2) is 0 Å². The first-order valence-corrected chi connectivity index (χ1v) is 8.55. The second-order valence-corrected chi connectivity index (χ2v) is 6.57. The molecule has 4 nitrogen and oxygen atoms in total. The minimum atomic E-state index is -0.118. The summed E-state index contributed by atoms with van der Waals surface area (Å²) >= 11 is 0. The van der Waals surface area contributed by atoms with Gasteiger partial charge in [0, 0.05) is 32.5 Å². The van der Waals surface area contributed by atoms with Gasteiger partial charge in [-0.1, -0.05) is 24.3 Å². The first-order valence-electron chi connectivity index (χ1n) is 8.55. The smallest absolute Gasteiger partial charge is 0.239 e. The molecule has 4 heteroatoms. The van der Waals surface area contributed by atoms with E-state index in [1.165, 1.54) is 11.1 Å². The Kier molecular flexibility index (Phi) is 4.95. The summed E-state index contributed by atoms with van der Waals surface area (Å²) in [5.41, 5.74) is 3.86. The average molecular weight is 323 g/mol. The van der Waals surface area contributed by atoms with Crippen LogP contribution in [0.3, 0.4) is 0 Å². The summed E-state index contributed by atoms with van der Waals surface area (Å²) in [5, 5.41) is 0. The molecule has 0 saturated heterocycles. The van der Waals surface area contributed by atoms with Gasteiger partial charge in [-0.2, -0.15) is 0 Å². The number of hydrogen-bond donors (Lipinski definition) is 0. The number of fused-ring (bicyclic) bond motifs is 1. The summed E-state index contributed by atoms with van der Waals surface area (Å²) in [5.74, 6) is 0.165. The van der Waals surface area contributed by atoms with Gasteiger partial charge in [-0.15, -0.1) is 0 Å². The highest BCUT2D eigenvalue weighted by atomic mass is 16.2. The summed E-state index contributed by atoms with van der Waals surface area (Å²) in [4.78, 5) is 21.1. The number of aromatic nitrogens is 1. The number of benzene rings is 1. The zero-order valence-electron chi connectivity index (χ0n) is 14.6. The molecule has 3 rings (SSSR count). The highest BCUT2D eigenvalue weighted by Crippen LogP contribution is 2.23. The van der Waals surface area contributed by atoms with Crippen LogP contribution in [0, 0.1) is 0 Å². The van der Waals surface area contributed by atoms with Crippen LogP contribution in [0.2, 0.25) is 0 Å². The lowest BCUT2D eigenvalue weighted by molar-refractivity contribution is -0.137. The number of nitrogens with zero attached hydrogens (tertiary/aromatic N) is 3.